The summed E-state index contributed by atoms with van der Waals surface area (Å²) in [6.45, 7) is 0. The van der Waals surface area contributed by atoms with Gasteiger partial charge in [-0.3, -0.25) is 4.57 Å². The smallest absolute Gasteiger partial charge is 0.145 e. The lowest BCUT2D eigenvalue weighted by molar-refractivity contribution is 1.11. The fourth-order valence-electron chi connectivity index (χ4n) is 9.41. The van der Waals surface area contributed by atoms with E-state index in [2.05, 4.69) is 199 Å². The van der Waals surface area contributed by atoms with Crippen LogP contribution in [0.5, 0.6) is 0 Å². The van der Waals surface area contributed by atoms with Crippen molar-refractivity contribution in [3.63, 3.8) is 0 Å². The van der Waals surface area contributed by atoms with Gasteiger partial charge in [-0.25, -0.2) is 4.98 Å². The Bertz CT molecular complexity index is 3270. The molecule has 0 radical (unpaired) electrons. The second-order valence-corrected chi connectivity index (χ2v) is 14.6. The largest absolute Gasteiger partial charge is 0.292 e. The monoisotopic (exact) mass is 696 g/mol. The maximum Gasteiger partial charge on any atom is 0.145 e. The second kappa shape index (κ2) is 11.6. The molecule has 0 amide bonds. The van der Waals surface area contributed by atoms with Gasteiger partial charge >= 0.3 is 0 Å². The van der Waals surface area contributed by atoms with Crippen molar-refractivity contribution in [1.29, 1.82) is 0 Å². The van der Waals surface area contributed by atoms with Crippen LogP contribution in [-0.4, -0.2) is 9.55 Å². The third kappa shape index (κ3) is 4.34. The summed E-state index contributed by atoms with van der Waals surface area (Å²) in [6, 6.07) is 70.9. The number of aromatic nitrogens is 2. The summed E-state index contributed by atoms with van der Waals surface area (Å²) >= 11 is 0. The lowest BCUT2D eigenvalue weighted by atomic mass is 9.84. The van der Waals surface area contributed by atoms with Gasteiger partial charge < -0.3 is 0 Å². The Morgan fingerprint density at radius 1 is 0.327 bits per heavy atom. The molecule has 1 aromatic heterocycles. The zero-order chi connectivity index (χ0) is 36.0. The minimum absolute atomic E-state index is 0.934. The average molecular weight is 697 g/mol. The minimum Gasteiger partial charge on any atom is -0.292 e. The van der Waals surface area contributed by atoms with E-state index in [9.17, 15) is 0 Å². The number of rotatable bonds is 4. The number of para-hydroxylation sites is 2. The van der Waals surface area contributed by atoms with Gasteiger partial charge in [-0.15, -0.1) is 0 Å². The van der Waals surface area contributed by atoms with E-state index >= 15 is 0 Å². The van der Waals surface area contributed by atoms with Gasteiger partial charge in [0, 0.05) is 10.9 Å². The molecule has 55 heavy (non-hydrogen) atoms. The molecule has 0 saturated carbocycles. The molecule has 1 heterocycles. The highest BCUT2D eigenvalue weighted by molar-refractivity contribution is 6.26. The van der Waals surface area contributed by atoms with E-state index in [1.807, 2.05) is 0 Å². The Morgan fingerprint density at radius 2 is 0.836 bits per heavy atom. The second-order valence-electron chi connectivity index (χ2n) is 14.6. The SMILES string of the molecule is c1ccc2c(c1)-c1cccc3c(-c4c5ccccc5c(-c5ccc(-c6nc7ccccc7n6-c6cccc7ccccc67)cc5)c5ccccc45)ccc-2c13. The summed E-state index contributed by atoms with van der Waals surface area (Å²) in [4.78, 5) is 5.23. The van der Waals surface area contributed by atoms with Crippen LogP contribution in [-0.2, 0) is 0 Å². The molecule has 1 aliphatic carbocycles. The van der Waals surface area contributed by atoms with E-state index in [0.717, 1.165) is 28.1 Å². The van der Waals surface area contributed by atoms with Crippen molar-refractivity contribution in [3.05, 3.63) is 194 Å². The van der Waals surface area contributed by atoms with Crippen LogP contribution in [0.25, 0.3) is 116 Å². The number of benzene rings is 10. The van der Waals surface area contributed by atoms with E-state index in [-0.39, 0.29) is 0 Å². The number of imidazole rings is 1. The average Bonchev–Trinajstić information content (AvgIpc) is 3.80. The fraction of sp³-hybridized carbons (Fsp3) is 0. The Kier molecular flexibility index (Phi) is 6.37. The summed E-state index contributed by atoms with van der Waals surface area (Å²) in [5, 5.41) is 10.1. The van der Waals surface area contributed by atoms with Crippen LogP contribution in [0.15, 0.2) is 194 Å². The van der Waals surface area contributed by atoms with Gasteiger partial charge in [0.2, 0.25) is 0 Å². The van der Waals surface area contributed by atoms with Crippen molar-refractivity contribution in [2.45, 2.75) is 0 Å². The van der Waals surface area contributed by atoms with Gasteiger partial charge in [0.1, 0.15) is 5.82 Å². The normalized spacial score (nSPS) is 12.0. The van der Waals surface area contributed by atoms with E-state index in [1.165, 1.54) is 87.6 Å². The van der Waals surface area contributed by atoms with Crippen LogP contribution >= 0.6 is 0 Å². The molecule has 12 rings (SSSR count). The molecule has 11 aromatic rings. The Hall–Kier alpha value is -7.29. The zero-order valence-electron chi connectivity index (χ0n) is 29.9. The molecule has 1 aliphatic rings. The number of fused-ring (bicyclic) bond motifs is 7. The summed E-state index contributed by atoms with van der Waals surface area (Å²) in [7, 11) is 0. The Morgan fingerprint density at radius 3 is 1.58 bits per heavy atom. The molecular weight excluding hydrogens is 665 g/mol. The first-order chi connectivity index (χ1) is 27.3. The first-order valence-corrected chi connectivity index (χ1v) is 19.0. The highest BCUT2D eigenvalue weighted by Crippen LogP contribution is 2.51. The fourth-order valence-corrected chi connectivity index (χ4v) is 9.41. The molecule has 0 atom stereocenters. The van der Waals surface area contributed by atoms with Crippen LogP contribution in [0.4, 0.5) is 0 Å². The van der Waals surface area contributed by atoms with Crippen molar-refractivity contribution in [2.75, 3.05) is 0 Å². The van der Waals surface area contributed by atoms with Crippen LogP contribution < -0.4 is 0 Å². The van der Waals surface area contributed by atoms with Gasteiger partial charge in [-0.05, 0) is 100 Å². The molecule has 2 nitrogen and oxygen atoms in total. The third-order valence-corrected chi connectivity index (χ3v) is 11.7. The number of nitrogens with zero attached hydrogens (tertiary/aromatic N) is 2. The predicted octanol–water partition coefficient (Wildman–Crippen LogP) is 14.3. The summed E-state index contributed by atoms with van der Waals surface area (Å²) in [5.74, 6) is 0.934. The van der Waals surface area contributed by atoms with E-state index in [0.29, 0.717) is 0 Å². The van der Waals surface area contributed by atoms with Crippen molar-refractivity contribution in [3.8, 4) is 61.6 Å². The quantitative estimate of drug-likeness (QED) is 0.168. The number of hydrogen-bond donors (Lipinski definition) is 0. The molecule has 10 aromatic carbocycles. The lowest BCUT2D eigenvalue weighted by Crippen LogP contribution is -1.98. The predicted molar refractivity (Wildman–Crippen MR) is 232 cm³/mol. The van der Waals surface area contributed by atoms with Crippen LogP contribution in [0.2, 0.25) is 0 Å². The highest BCUT2D eigenvalue weighted by atomic mass is 15.1. The maximum atomic E-state index is 5.23. The lowest BCUT2D eigenvalue weighted by Gasteiger charge is -2.19. The standard InChI is InChI=1S/C53H32N2/c1-2-15-36-33(13-1)14-11-26-48(36)55-49-25-10-9-24-47(49)54-53(55)35-29-27-34(28-30-35)50-40-18-5-7-20-42(40)52(43-21-8-6-19-41(43)50)46-32-31-45-38-17-4-3-16-37(38)39-22-12-23-44(46)51(39)45/h1-32H. The van der Waals surface area contributed by atoms with Gasteiger partial charge in [-0.2, -0.15) is 0 Å². The van der Waals surface area contributed by atoms with Crippen LogP contribution in [0.3, 0.4) is 0 Å². The summed E-state index contributed by atoms with van der Waals surface area (Å²) in [5.41, 5.74) is 14.6. The topological polar surface area (TPSA) is 17.8 Å². The maximum absolute atomic E-state index is 5.23. The first kappa shape index (κ1) is 30.2. The Balaban J connectivity index is 1.06. The third-order valence-electron chi connectivity index (χ3n) is 11.7. The molecule has 0 spiro atoms. The molecule has 0 fully saturated rings. The Labute approximate surface area is 318 Å². The first-order valence-electron chi connectivity index (χ1n) is 19.0. The molecular formula is C53H32N2. The van der Waals surface area contributed by atoms with Crippen molar-refractivity contribution < 1.29 is 0 Å². The van der Waals surface area contributed by atoms with Crippen molar-refractivity contribution in [2.24, 2.45) is 0 Å². The minimum atomic E-state index is 0.934. The van der Waals surface area contributed by atoms with Crippen molar-refractivity contribution in [1.82, 2.24) is 9.55 Å². The number of hydrogen-bond acceptors (Lipinski definition) is 1. The molecule has 2 heteroatoms. The summed E-state index contributed by atoms with van der Waals surface area (Å²) in [6.07, 6.45) is 0. The molecule has 254 valence electrons. The van der Waals surface area contributed by atoms with Crippen LogP contribution in [0, 0.1) is 0 Å². The van der Waals surface area contributed by atoms with Crippen molar-refractivity contribution >= 4 is 54.1 Å². The van der Waals surface area contributed by atoms with Gasteiger partial charge in [-0.1, -0.05) is 176 Å². The van der Waals surface area contributed by atoms with E-state index < -0.39 is 0 Å². The molecule has 0 unspecified atom stereocenters. The molecule has 0 N–H and O–H groups in total. The zero-order valence-corrected chi connectivity index (χ0v) is 29.9. The molecule has 0 aliphatic heterocycles. The van der Waals surface area contributed by atoms with E-state index in [1.54, 1.807) is 0 Å². The molecule has 0 bridgehead atoms. The van der Waals surface area contributed by atoms with E-state index in [4.69, 9.17) is 4.98 Å². The van der Waals surface area contributed by atoms with Gasteiger partial charge in [0.15, 0.2) is 0 Å². The summed E-state index contributed by atoms with van der Waals surface area (Å²) < 4.78 is 2.32. The van der Waals surface area contributed by atoms with Crippen LogP contribution in [0.1, 0.15) is 0 Å². The molecule has 0 saturated heterocycles. The van der Waals surface area contributed by atoms with Gasteiger partial charge in [0.25, 0.3) is 0 Å². The van der Waals surface area contributed by atoms with Gasteiger partial charge in [0.05, 0.1) is 16.7 Å². The highest BCUT2D eigenvalue weighted by Gasteiger charge is 2.25.